The third-order valence-electron chi connectivity index (χ3n) is 2.85. The fourth-order valence-corrected chi connectivity index (χ4v) is 2.19. The summed E-state index contributed by atoms with van der Waals surface area (Å²) in [6.07, 6.45) is 1.77. The van der Waals surface area contributed by atoms with Crippen molar-refractivity contribution < 1.29 is 4.42 Å². The van der Waals surface area contributed by atoms with Crippen LogP contribution < -0.4 is 0 Å². The van der Waals surface area contributed by atoms with E-state index in [0.717, 1.165) is 27.5 Å². The molecule has 4 heteroatoms. The number of nitrogens with one attached hydrogen (secondary N) is 1. The van der Waals surface area contributed by atoms with Gasteiger partial charge in [-0.2, -0.15) is 0 Å². The first-order valence-electron chi connectivity index (χ1n) is 5.77. The molecule has 3 aromatic rings. The molecule has 0 saturated carbocycles. The Morgan fingerprint density at radius 3 is 2.37 bits per heavy atom. The van der Waals surface area contributed by atoms with Crippen molar-refractivity contribution >= 4 is 23.8 Å². The SMILES string of the molecule is S=c1[nH]cc(-c2cccc(-c3ccc(Cl)cc3)c2)o1. The number of hydrogen-bond donors (Lipinski definition) is 1. The maximum absolute atomic E-state index is 5.90. The average Bonchev–Trinajstić information content (AvgIpc) is 2.86. The van der Waals surface area contributed by atoms with Crippen LogP contribution in [0.5, 0.6) is 0 Å². The first kappa shape index (κ1) is 12.2. The van der Waals surface area contributed by atoms with E-state index in [4.69, 9.17) is 28.2 Å². The third-order valence-corrected chi connectivity index (χ3v) is 3.30. The van der Waals surface area contributed by atoms with Crippen LogP contribution in [-0.4, -0.2) is 4.98 Å². The number of oxazole rings is 1. The van der Waals surface area contributed by atoms with Crippen LogP contribution in [0.15, 0.2) is 59.1 Å². The van der Waals surface area contributed by atoms with Crippen molar-refractivity contribution in [3.05, 3.63) is 64.6 Å². The molecule has 0 saturated heterocycles. The van der Waals surface area contributed by atoms with Crippen molar-refractivity contribution in [2.24, 2.45) is 0 Å². The van der Waals surface area contributed by atoms with Crippen LogP contribution in [0.1, 0.15) is 0 Å². The monoisotopic (exact) mass is 287 g/mol. The standard InChI is InChI=1S/C15H10ClNOS/c16-13-6-4-10(5-7-13)11-2-1-3-12(8-11)14-9-17-15(19)18-14/h1-9H,(H,17,19). The molecule has 19 heavy (non-hydrogen) atoms. The van der Waals surface area contributed by atoms with Crippen molar-refractivity contribution in [1.82, 2.24) is 4.98 Å². The van der Waals surface area contributed by atoms with Gasteiger partial charge in [-0.05, 0) is 41.5 Å². The molecule has 2 nitrogen and oxygen atoms in total. The van der Waals surface area contributed by atoms with Crippen molar-refractivity contribution in [3.8, 4) is 22.5 Å². The molecule has 0 aliphatic carbocycles. The van der Waals surface area contributed by atoms with Gasteiger partial charge in [-0.3, -0.25) is 0 Å². The van der Waals surface area contributed by atoms with Gasteiger partial charge in [-0.25, -0.2) is 0 Å². The lowest BCUT2D eigenvalue weighted by molar-refractivity contribution is 0.554. The summed E-state index contributed by atoms with van der Waals surface area (Å²) in [4.78, 5) is 3.25. The zero-order chi connectivity index (χ0) is 13.2. The molecule has 0 amide bonds. The molecule has 0 aliphatic rings. The molecule has 0 fully saturated rings. The largest absolute Gasteiger partial charge is 0.429 e. The predicted molar refractivity (Wildman–Crippen MR) is 79.8 cm³/mol. The minimum absolute atomic E-state index is 0.381. The Kier molecular flexibility index (Phi) is 3.23. The van der Waals surface area contributed by atoms with E-state index in [-0.39, 0.29) is 0 Å². The second-order valence-corrected chi connectivity index (χ2v) is 4.94. The van der Waals surface area contributed by atoms with Gasteiger partial charge in [0.15, 0.2) is 5.76 Å². The second-order valence-electron chi connectivity index (χ2n) is 4.13. The Bertz CT molecular complexity index is 758. The highest BCUT2D eigenvalue weighted by Crippen LogP contribution is 2.27. The highest BCUT2D eigenvalue weighted by molar-refractivity contribution is 7.71. The Morgan fingerprint density at radius 2 is 1.68 bits per heavy atom. The Labute approximate surface area is 120 Å². The number of rotatable bonds is 2. The molecule has 1 N–H and O–H groups in total. The topological polar surface area (TPSA) is 28.9 Å². The van der Waals surface area contributed by atoms with E-state index < -0.39 is 0 Å². The molecular formula is C15H10ClNOS. The molecule has 0 aliphatic heterocycles. The van der Waals surface area contributed by atoms with Crippen LogP contribution >= 0.6 is 23.8 Å². The van der Waals surface area contributed by atoms with Crippen LogP contribution in [0.4, 0.5) is 0 Å². The van der Waals surface area contributed by atoms with E-state index in [1.807, 2.05) is 42.5 Å². The van der Waals surface area contributed by atoms with Crippen LogP contribution in [0, 0.1) is 4.84 Å². The van der Waals surface area contributed by atoms with Gasteiger partial charge in [-0.15, -0.1) is 0 Å². The quantitative estimate of drug-likeness (QED) is 0.646. The summed E-state index contributed by atoms with van der Waals surface area (Å²) in [5.41, 5.74) is 3.21. The van der Waals surface area contributed by atoms with Crippen molar-refractivity contribution in [2.45, 2.75) is 0 Å². The van der Waals surface area contributed by atoms with Gasteiger partial charge in [0.1, 0.15) is 0 Å². The maximum atomic E-state index is 5.90. The van der Waals surface area contributed by atoms with Gasteiger partial charge in [-0.1, -0.05) is 41.9 Å². The third kappa shape index (κ3) is 2.62. The van der Waals surface area contributed by atoms with E-state index in [0.29, 0.717) is 4.84 Å². The van der Waals surface area contributed by atoms with Crippen molar-refractivity contribution in [2.75, 3.05) is 0 Å². The summed E-state index contributed by atoms with van der Waals surface area (Å²) >= 11 is 10.8. The first-order chi connectivity index (χ1) is 9.22. The molecule has 0 bridgehead atoms. The number of halogens is 1. The normalized spacial score (nSPS) is 10.6. The first-order valence-corrected chi connectivity index (χ1v) is 6.56. The highest BCUT2D eigenvalue weighted by atomic mass is 35.5. The number of benzene rings is 2. The molecule has 2 aromatic carbocycles. The summed E-state index contributed by atoms with van der Waals surface area (Å²) in [6.45, 7) is 0. The van der Waals surface area contributed by atoms with E-state index >= 15 is 0 Å². The zero-order valence-corrected chi connectivity index (χ0v) is 11.5. The summed E-state index contributed by atoms with van der Waals surface area (Å²) in [7, 11) is 0. The van der Waals surface area contributed by atoms with Gasteiger partial charge in [0, 0.05) is 16.8 Å². The number of aromatic amines is 1. The summed E-state index contributed by atoms with van der Waals surface area (Å²) in [5, 5.41) is 0.733. The molecule has 0 spiro atoms. The summed E-state index contributed by atoms with van der Waals surface area (Å²) < 4.78 is 5.42. The average molecular weight is 288 g/mol. The lowest BCUT2D eigenvalue weighted by Gasteiger charge is -2.03. The minimum Gasteiger partial charge on any atom is -0.429 e. The van der Waals surface area contributed by atoms with Crippen LogP contribution in [0.3, 0.4) is 0 Å². The maximum Gasteiger partial charge on any atom is 0.266 e. The molecule has 3 rings (SSSR count). The lowest BCUT2D eigenvalue weighted by atomic mass is 10.0. The van der Waals surface area contributed by atoms with E-state index in [9.17, 15) is 0 Å². The van der Waals surface area contributed by atoms with Gasteiger partial charge in [0.25, 0.3) is 4.84 Å². The zero-order valence-electron chi connectivity index (χ0n) is 9.89. The molecular weight excluding hydrogens is 278 g/mol. The molecule has 0 atom stereocenters. The van der Waals surface area contributed by atoms with Gasteiger partial charge in [0.2, 0.25) is 0 Å². The molecule has 1 aromatic heterocycles. The van der Waals surface area contributed by atoms with E-state index in [1.165, 1.54) is 0 Å². The second kappa shape index (κ2) is 5.03. The predicted octanol–water partition coefficient (Wildman–Crippen LogP) is 5.32. The highest BCUT2D eigenvalue weighted by Gasteiger charge is 2.04. The Balaban J connectivity index is 2.04. The van der Waals surface area contributed by atoms with Crippen LogP contribution in [0.25, 0.3) is 22.5 Å². The van der Waals surface area contributed by atoms with Gasteiger partial charge >= 0.3 is 0 Å². The van der Waals surface area contributed by atoms with Crippen molar-refractivity contribution in [1.29, 1.82) is 0 Å². The number of aromatic nitrogens is 1. The summed E-state index contributed by atoms with van der Waals surface area (Å²) in [5.74, 6) is 0.737. The fourth-order valence-electron chi connectivity index (χ4n) is 1.92. The van der Waals surface area contributed by atoms with Gasteiger partial charge in [0.05, 0.1) is 0 Å². The molecule has 94 valence electrons. The van der Waals surface area contributed by atoms with E-state index in [2.05, 4.69) is 11.1 Å². The number of hydrogen-bond acceptors (Lipinski definition) is 2. The fraction of sp³-hybridized carbons (Fsp3) is 0. The van der Waals surface area contributed by atoms with Crippen LogP contribution in [0.2, 0.25) is 5.02 Å². The van der Waals surface area contributed by atoms with Crippen molar-refractivity contribution in [3.63, 3.8) is 0 Å². The molecule has 1 heterocycles. The Hall–Kier alpha value is -1.84. The lowest BCUT2D eigenvalue weighted by Crippen LogP contribution is -1.79. The minimum atomic E-state index is 0.381. The molecule has 0 unspecified atom stereocenters. The summed E-state index contributed by atoms with van der Waals surface area (Å²) in [6, 6.07) is 15.8. The van der Waals surface area contributed by atoms with Crippen LogP contribution in [-0.2, 0) is 0 Å². The Morgan fingerprint density at radius 1 is 0.947 bits per heavy atom. The smallest absolute Gasteiger partial charge is 0.266 e. The molecule has 0 radical (unpaired) electrons. The van der Waals surface area contributed by atoms with E-state index in [1.54, 1.807) is 6.20 Å². The number of H-pyrrole nitrogens is 1. The van der Waals surface area contributed by atoms with Gasteiger partial charge < -0.3 is 9.40 Å².